The highest BCUT2D eigenvalue weighted by Gasteiger charge is 2.12. The lowest BCUT2D eigenvalue weighted by Gasteiger charge is -2.26. The fourth-order valence-corrected chi connectivity index (χ4v) is 2.67. The zero-order chi connectivity index (χ0) is 17.6. The first-order valence-electron chi connectivity index (χ1n) is 8.19. The third-order valence-electron chi connectivity index (χ3n) is 3.89. The van der Waals surface area contributed by atoms with Crippen LogP contribution in [0.15, 0.2) is 36.5 Å². The number of pyridine rings is 1. The number of aromatic nitrogens is 1. The summed E-state index contributed by atoms with van der Waals surface area (Å²) in [5.74, 6) is -0.377. The number of hydrogen-bond acceptors (Lipinski definition) is 4. The van der Waals surface area contributed by atoms with Gasteiger partial charge in [0.2, 0.25) is 0 Å². The zero-order valence-electron chi connectivity index (χ0n) is 14.1. The van der Waals surface area contributed by atoms with E-state index in [1.165, 1.54) is 12.1 Å². The number of nitrogens with one attached hydrogen (secondary N) is 2. The number of halogens is 1. The van der Waals surface area contributed by atoms with E-state index in [9.17, 15) is 9.18 Å². The predicted octanol–water partition coefficient (Wildman–Crippen LogP) is 3.01. The smallest absolute Gasteiger partial charge is 0.323 e. The van der Waals surface area contributed by atoms with Crippen molar-refractivity contribution in [3.63, 3.8) is 0 Å². The van der Waals surface area contributed by atoms with Crippen LogP contribution in [0.3, 0.4) is 0 Å². The molecule has 1 aromatic heterocycles. The number of nitrogens with zero attached hydrogens (tertiary/aromatic N) is 2. The molecule has 1 aliphatic heterocycles. The molecule has 2 N–H and O–H groups in total. The molecular formula is C18H21FN4O2. The van der Waals surface area contributed by atoms with Gasteiger partial charge in [-0.25, -0.2) is 9.18 Å². The van der Waals surface area contributed by atoms with Crippen LogP contribution in [-0.4, -0.2) is 42.2 Å². The number of amides is 2. The lowest BCUT2D eigenvalue weighted by atomic mass is 10.1. The molecule has 2 heterocycles. The molecule has 1 saturated heterocycles. The van der Waals surface area contributed by atoms with Crippen molar-refractivity contribution in [3.8, 4) is 0 Å². The van der Waals surface area contributed by atoms with Crippen molar-refractivity contribution >= 4 is 17.4 Å². The molecule has 1 aliphatic rings. The summed E-state index contributed by atoms with van der Waals surface area (Å²) >= 11 is 0. The first-order valence-corrected chi connectivity index (χ1v) is 8.19. The molecule has 3 rings (SSSR count). The minimum absolute atomic E-state index is 0.377. The number of ether oxygens (including phenoxy) is 1. The van der Waals surface area contributed by atoms with Gasteiger partial charge in [-0.2, -0.15) is 0 Å². The van der Waals surface area contributed by atoms with E-state index in [2.05, 4.69) is 20.5 Å². The minimum Gasteiger partial charge on any atom is -0.379 e. The SMILES string of the molecule is Cc1ccc(NC(=O)Nc2cc(F)cc(CN3CCOCC3)c2)cn1. The topological polar surface area (TPSA) is 66.5 Å². The number of aryl methyl sites for hydroxylation is 1. The van der Waals surface area contributed by atoms with E-state index in [1.807, 2.05) is 6.92 Å². The number of rotatable bonds is 4. The van der Waals surface area contributed by atoms with Crippen LogP contribution in [0.4, 0.5) is 20.6 Å². The molecule has 0 spiro atoms. The highest BCUT2D eigenvalue weighted by Crippen LogP contribution is 2.17. The van der Waals surface area contributed by atoms with Crippen LogP contribution in [0.25, 0.3) is 0 Å². The summed E-state index contributed by atoms with van der Waals surface area (Å²) in [6.07, 6.45) is 1.57. The number of benzene rings is 1. The van der Waals surface area contributed by atoms with Crippen molar-refractivity contribution in [2.75, 3.05) is 36.9 Å². The second-order valence-electron chi connectivity index (χ2n) is 6.00. The van der Waals surface area contributed by atoms with E-state index in [0.29, 0.717) is 31.1 Å². The number of hydrogen-bond donors (Lipinski definition) is 2. The van der Waals surface area contributed by atoms with Gasteiger partial charge in [0.15, 0.2) is 0 Å². The molecule has 0 aliphatic carbocycles. The summed E-state index contributed by atoms with van der Waals surface area (Å²) in [7, 11) is 0. The maximum absolute atomic E-state index is 13.9. The van der Waals surface area contributed by atoms with Crippen molar-refractivity contribution in [3.05, 3.63) is 53.6 Å². The second-order valence-corrected chi connectivity index (χ2v) is 6.00. The van der Waals surface area contributed by atoms with Crippen molar-refractivity contribution in [2.45, 2.75) is 13.5 Å². The number of carbonyl (C=O) groups excluding carboxylic acids is 1. The van der Waals surface area contributed by atoms with E-state index in [1.54, 1.807) is 24.4 Å². The first-order chi connectivity index (χ1) is 12.1. The summed E-state index contributed by atoms with van der Waals surface area (Å²) in [5.41, 5.74) is 2.67. The second kappa shape index (κ2) is 8.04. The van der Waals surface area contributed by atoms with Crippen LogP contribution in [0.1, 0.15) is 11.3 Å². The molecule has 2 aromatic rings. The summed E-state index contributed by atoms with van der Waals surface area (Å²) < 4.78 is 19.2. The molecule has 2 amide bonds. The molecule has 0 atom stereocenters. The van der Waals surface area contributed by atoms with Gasteiger partial charge in [-0.3, -0.25) is 9.88 Å². The lowest BCUT2D eigenvalue weighted by Crippen LogP contribution is -2.35. The van der Waals surface area contributed by atoms with Crippen molar-refractivity contribution in [1.29, 1.82) is 0 Å². The molecule has 1 aromatic carbocycles. The molecule has 0 bridgehead atoms. The Morgan fingerprint density at radius 2 is 1.96 bits per heavy atom. The monoisotopic (exact) mass is 344 g/mol. The van der Waals surface area contributed by atoms with Gasteiger partial charge < -0.3 is 15.4 Å². The number of carbonyl (C=O) groups is 1. The fourth-order valence-electron chi connectivity index (χ4n) is 2.67. The first kappa shape index (κ1) is 17.3. The number of morpholine rings is 1. The third kappa shape index (κ3) is 5.23. The molecule has 1 fully saturated rings. The maximum Gasteiger partial charge on any atom is 0.323 e. The van der Waals surface area contributed by atoms with Crippen LogP contribution in [0.5, 0.6) is 0 Å². The number of anilines is 2. The highest BCUT2D eigenvalue weighted by molar-refractivity contribution is 5.99. The molecule has 25 heavy (non-hydrogen) atoms. The van der Waals surface area contributed by atoms with E-state index in [4.69, 9.17) is 4.74 Å². The summed E-state index contributed by atoms with van der Waals surface area (Å²) in [6.45, 7) is 5.51. The Labute approximate surface area is 146 Å². The van der Waals surface area contributed by atoms with Crippen molar-refractivity contribution < 1.29 is 13.9 Å². The fraction of sp³-hybridized carbons (Fsp3) is 0.333. The average Bonchev–Trinajstić information content (AvgIpc) is 2.57. The van der Waals surface area contributed by atoms with Crippen LogP contribution < -0.4 is 10.6 Å². The summed E-state index contributed by atoms with van der Waals surface area (Å²) in [4.78, 5) is 18.4. The van der Waals surface area contributed by atoms with Crippen LogP contribution in [0, 0.1) is 12.7 Å². The molecule has 0 radical (unpaired) electrons. The summed E-state index contributed by atoms with van der Waals surface area (Å²) in [5, 5.41) is 5.34. The minimum atomic E-state index is -0.437. The average molecular weight is 344 g/mol. The molecular weight excluding hydrogens is 323 g/mol. The van der Waals surface area contributed by atoms with Gasteiger partial charge in [0.05, 0.1) is 25.1 Å². The van der Waals surface area contributed by atoms with Gasteiger partial charge in [-0.05, 0) is 42.8 Å². The lowest BCUT2D eigenvalue weighted by molar-refractivity contribution is 0.0341. The number of urea groups is 1. The van der Waals surface area contributed by atoms with E-state index >= 15 is 0 Å². The molecule has 6 nitrogen and oxygen atoms in total. The normalized spacial score (nSPS) is 15.0. The van der Waals surface area contributed by atoms with Gasteiger partial charge in [-0.1, -0.05) is 0 Å². The largest absolute Gasteiger partial charge is 0.379 e. The Morgan fingerprint density at radius 3 is 2.68 bits per heavy atom. The Bertz CT molecular complexity index is 730. The van der Waals surface area contributed by atoms with Gasteiger partial charge in [0, 0.05) is 31.0 Å². The predicted molar refractivity (Wildman–Crippen MR) is 94.1 cm³/mol. The Kier molecular flexibility index (Phi) is 5.57. The maximum atomic E-state index is 13.9. The van der Waals surface area contributed by atoms with Gasteiger partial charge in [0.25, 0.3) is 0 Å². The van der Waals surface area contributed by atoms with Gasteiger partial charge in [-0.15, -0.1) is 0 Å². The molecule has 132 valence electrons. The van der Waals surface area contributed by atoms with E-state index < -0.39 is 6.03 Å². The van der Waals surface area contributed by atoms with Crippen LogP contribution in [0.2, 0.25) is 0 Å². The summed E-state index contributed by atoms with van der Waals surface area (Å²) in [6, 6.07) is 7.70. The quantitative estimate of drug-likeness (QED) is 0.895. The highest BCUT2D eigenvalue weighted by atomic mass is 19.1. The van der Waals surface area contributed by atoms with Gasteiger partial charge in [0.1, 0.15) is 5.82 Å². The Hall–Kier alpha value is -2.51. The van der Waals surface area contributed by atoms with Crippen LogP contribution in [-0.2, 0) is 11.3 Å². The van der Waals surface area contributed by atoms with Crippen molar-refractivity contribution in [1.82, 2.24) is 9.88 Å². The van der Waals surface area contributed by atoms with E-state index in [0.717, 1.165) is 24.3 Å². The molecule has 0 unspecified atom stereocenters. The Balaban J connectivity index is 1.62. The Morgan fingerprint density at radius 1 is 1.20 bits per heavy atom. The van der Waals surface area contributed by atoms with E-state index in [-0.39, 0.29) is 5.82 Å². The standard InChI is InChI=1S/C18H21FN4O2/c1-13-2-3-16(11-20-13)21-18(24)22-17-9-14(8-15(19)10-17)12-23-4-6-25-7-5-23/h2-3,8-11H,4-7,12H2,1H3,(H2,21,22,24). The molecule has 7 heteroatoms. The zero-order valence-corrected chi connectivity index (χ0v) is 14.1. The molecule has 0 saturated carbocycles. The van der Waals surface area contributed by atoms with Gasteiger partial charge >= 0.3 is 6.03 Å². The van der Waals surface area contributed by atoms with Crippen LogP contribution >= 0.6 is 0 Å². The van der Waals surface area contributed by atoms with Crippen molar-refractivity contribution in [2.24, 2.45) is 0 Å². The third-order valence-corrected chi connectivity index (χ3v) is 3.89.